The van der Waals surface area contributed by atoms with Crippen molar-refractivity contribution in [2.45, 2.75) is 19.8 Å². The number of nitrogens with two attached hydrogens (primary N) is 1. The second kappa shape index (κ2) is 6.24. The number of hydrogen-bond acceptors (Lipinski definition) is 4. The van der Waals surface area contributed by atoms with Crippen LogP contribution in [0.4, 0.5) is 5.69 Å². The first-order valence-corrected chi connectivity index (χ1v) is 6.89. The molecule has 2 rings (SSSR count). The molecule has 1 saturated heterocycles. The van der Waals surface area contributed by atoms with Crippen LogP contribution in [0.1, 0.15) is 28.8 Å². The number of hydrogen-bond donors (Lipinski definition) is 3. The zero-order valence-corrected chi connectivity index (χ0v) is 11.8. The summed E-state index contributed by atoms with van der Waals surface area (Å²) in [6.07, 6.45) is 1.54. The number of carbonyl (C=O) groups is 1. The zero-order valence-electron chi connectivity index (χ0n) is 11.8. The van der Waals surface area contributed by atoms with Crippen LogP contribution in [-0.2, 0) is 4.74 Å². The van der Waals surface area contributed by atoms with Gasteiger partial charge in [-0.15, -0.1) is 0 Å². The van der Waals surface area contributed by atoms with E-state index >= 15 is 0 Å². The van der Waals surface area contributed by atoms with Gasteiger partial charge in [0.25, 0.3) is 5.91 Å². The minimum absolute atomic E-state index is 0.0669. The van der Waals surface area contributed by atoms with Gasteiger partial charge in [-0.2, -0.15) is 0 Å². The van der Waals surface area contributed by atoms with Gasteiger partial charge in [-0.05, 0) is 43.5 Å². The molecule has 1 amide bonds. The number of nitrogen functional groups attached to an aromatic ring is 1. The lowest BCUT2D eigenvalue weighted by Crippen LogP contribution is -2.43. The summed E-state index contributed by atoms with van der Waals surface area (Å²) in [5.41, 5.74) is 7.65. The van der Waals surface area contributed by atoms with Crippen molar-refractivity contribution in [2.75, 3.05) is 32.1 Å². The average molecular weight is 278 g/mol. The summed E-state index contributed by atoms with van der Waals surface area (Å²) in [6.45, 7) is 3.68. The van der Waals surface area contributed by atoms with E-state index in [9.17, 15) is 9.90 Å². The third kappa shape index (κ3) is 3.29. The number of ether oxygens (including phenoxy) is 1. The quantitative estimate of drug-likeness (QED) is 0.720. The first-order chi connectivity index (χ1) is 9.56. The van der Waals surface area contributed by atoms with Crippen LogP contribution in [-0.4, -0.2) is 37.4 Å². The molecule has 5 heteroatoms. The molecule has 110 valence electrons. The molecule has 1 fully saturated rings. The zero-order chi connectivity index (χ0) is 14.6. The Hall–Kier alpha value is -1.59. The number of aryl methyl sites for hydroxylation is 1. The van der Waals surface area contributed by atoms with E-state index in [1.165, 1.54) is 0 Å². The molecule has 0 spiro atoms. The van der Waals surface area contributed by atoms with Crippen molar-refractivity contribution in [1.82, 2.24) is 5.32 Å². The highest BCUT2D eigenvalue weighted by Gasteiger charge is 2.32. The minimum atomic E-state index is -0.253. The van der Waals surface area contributed by atoms with Crippen LogP contribution in [0.25, 0.3) is 0 Å². The van der Waals surface area contributed by atoms with Gasteiger partial charge in [0, 0.05) is 36.4 Å². The van der Waals surface area contributed by atoms with E-state index < -0.39 is 0 Å². The molecule has 1 heterocycles. The maximum atomic E-state index is 12.1. The lowest BCUT2D eigenvalue weighted by molar-refractivity contribution is -0.0146. The number of amides is 1. The van der Waals surface area contributed by atoms with Crippen LogP contribution >= 0.6 is 0 Å². The lowest BCUT2D eigenvalue weighted by Gasteiger charge is -2.35. The van der Waals surface area contributed by atoms with Crippen molar-refractivity contribution in [1.29, 1.82) is 0 Å². The summed E-state index contributed by atoms with van der Waals surface area (Å²) in [5, 5.41) is 12.5. The lowest BCUT2D eigenvalue weighted by atomic mass is 9.81. The second-order valence-electron chi connectivity index (χ2n) is 5.52. The van der Waals surface area contributed by atoms with Crippen LogP contribution in [0.2, 0.25) is 0 Å². The Labute approximate surface area is 119 Å². The van der Waals surface area contributed by atoms with Crippen molar-refractivity contribution >= 4 is 11.6 Å². The van der Waals surface area contributed by atoms with Crippen molar-refractivity contribution in [3.05, 3.63) is 29.3 Å². The Balaban J connectivity index is 1.98. The van der Waals surface area contributed by atoms with E-state index in [-0.39, 0.29) is 17.9 Å². The molecule has 1 aliphatic heterocycles. The SMILES string of the molecule is Cc1cc(C(=O)NCC2(CO)CCOCC2)ccc1N. The Bertz CT molecular complexity index is 482. The van der Waals surface area contributed by atoms with Crippen LogP contribution in [0.5, 0.6) is 0 Å². The fourth-order valence-corrected chi connectivity index (χ4v) is 2.38. The van der Waals surface area contributed by atoms with Gasteiger partial charge in [-0.1, -0.05) is 0 Å². The van der Waals surface area contributed by atoms with Crippen molar-refractivity contribution in [3.8, 4) is 0 Å². The summed E-state index contributed by atoms with van der Waals surface area (Å²) in [4.78, 5) is 12.1. The van der Waals surface area contributed by atoms with Gasteiger partial charge >= 0.3 is 0 Å². The molecule has 0 saturated carbocycles. The summed E-state index contributed by atoms with van der Waals surface area (Å²) < 4.78 is 5.31. The van der Waals surface area contributed by atoms with E-state index in [1.807, 2.05) is 6.92 Å². The molecular formula is C15H22N2O3. The first kappa shape index (κ1) is 14.8. The van der Waals surface area contributed by atoms with Gasteiger partial charge in [0.15, 0.2) is 0 Å². The molecule has 0 unspecified atom stereocenters. The summed E-state index contributed by atoms with van der Waals surface area (Å²) in [6, 6.07) is 5.23. The molecule has 1 aromatic rings. The molecule has 4 N–H and O–H groups in total. The molecule has 1 aliphatic rings. The highest BCUT2D eigenvalue weighted by atomic mass is 16.5. The molecule has 0 bridgehead atoms. The smallest absolute Gasteiger partial charge is 0.251 e. The van der Waals surface area contributed by atoms with Gasteiger partial charge in [-0.3, -0.25) is 4.79 Å². The fraction of sp³-hybridized carbons (Fsp3) is 0.533. The summed E-state index contributed by atoms with van der Waals surface area (Å²) >= 11 is 0. The maximum absolute atomic E-state index is 12.1. The number of nitrogens with one attached hydrogen (secondary N) is 1. The van der Waals surface area contributed by atoms with E-state index in [2.05, 4.69) is 5.32 Å². The second-order valence-corrected chi connectivity index (χ2v) is 5.52. The largest absolute Gasteiger partial charge is 0.399 e. The number of anilines is 1. The third-order valence-corrected chi connectivity index (χ3v) is 4.04. The monoisotopic (exact) mass is 278 g/mol. The van der Waals surface area contributed by atoms with Crippen molar-refractivity contribution < 1.29 is 14.6 Å². The van der Waals surface area contributed by atoms with E-state index in [1.54, 1.807) is 18.2 Å². The topological polar surface area (TPSA) is 84.6 Å². The normalized spacial score (nSPS) is 17.7. The predicted molar refractivity (Wildman–Crippen MR) is 77.5 cm³/mol. The van der Waals surface area contributed by atoms with Crippen LogP contribution in [0.15, 0.2) is 18.2 Å². The molecular weight excluding hydrogens is 256 g/mol. The number of benzene rings is 1. The summed E-state index contributed by atoms with van der Waals surface area (Å²) in [7, 11) is 0. The van der Waals surface area contributed by atoms with E-state index in [4.69, 9.17) is 10.5 Å². The molecule has 20 heavy (non-hydrogen) atoms. The number of rotatable bonds is 4. The molecule has 0 aliphatic carbocycles. The van der Waals surface area contributed by atoms with Crippen molar-refractivity contribution in [2.24, 2.45) is 5.41 Å². The standard InChI is InChI=1S/C15H22N2O3/c1-11-8-12(2-3-13(11)16)14(19)17-9-15(10-18)4-6-20-7-5-15/h2-3,8,18H,4-7,9-10,16H2,1H3,(H,17,19). The average Bonchev–Trinajstić information content (AvgIpc) is 2.48. The highest BCUT2D eigenvalue weighted by Crippen LogP contribution is 2.29. The highest BCUT2D eigenvalue weighted by molar-refractivity contribution is 5.94. The van der Waals surface area contributed by atoms with Gasteiger partial charge in [-0.25, -0.2) is 0 Å². The summed E-state index contributed by atoms with van der Waals surface area (Å²) in [5.74, 6) is -0.132. The van der Waals surface area contributed by atoms with Crippen LogP contribution in [0, 0.1) is 12.3 Å². The number of aliphatic hydroxyl groups is 1. The minimum Gasteiger partial charge on any atom is -0.399 e. The predicted octanol–water partition coefficient (Wildman–Crippen LogP) is 1.10. The van der Waals surface area contributed by atoms with E-state index in [0.717, 1.165) is 18.4 Å². The first-order valence-electron chi connectivity index (χ1n) is 6.89. The van der Waals surface area contributed by atoms with Gasteiger partial charge in [0.1, 0.15) is 0 Å². The van der Waals surface area contributed by atoms with Gasteiger partial charge in [0.05, 0.1) is 6.61 Å². The van der Waals surface area contributed by atoms with E-state index in [0.29, 0.717) is 31.0 Å². The molecule has 0 radical (unpaired) electrons. The maximum Gasteiger partial charge on any atom is 0.251 e. The Kier molecular flexibility index (Phi) is 4.62. The Morgan fingerprint density at radius 2 is 2.15 bits per heavy atom. The van der Waals surface area contributed by atoms with Crippen molar-refractivity contribution in [3.63, 3.8) is 0 Å². The molecule has 1 aromatic carbocycles. The molecule has 0 aromatic heterocycles. The Morgan fingerprint density at radius 1 is 1.45 bits per heavy atom. The third-order valence-electron chi connectivity index (χ3n) is 4.04. The fourth-order valence-electron chi connectivity index (χ4n) is 2.38. The van der Waals surface area contributed by atoms with Gasteiger partial charge < -0.3 is 20.9 Å². The number of carbonyl (C=O) groups excluding carboxylic acids is 1. The van der Waals surface area contributed by atoms with Gasteiger partial charge in [0.2, 0.25) is 0 Å². The Morgan fingerprint density at radius 3 is 2.75 bits per heavy atom. The molecule has 0 atom stereocenters. The van der Waals surface area contributed by atoms with Crippen LogP contribution in [0.3, 0.4) is 0 Å². The molecule has 5 nitrogen and oxygen atoms in total. The van der Waals surface area contributed by atoms with Crippen LogP contribution < -0.4 is 11.1 Å². The number of aliphatic hydroxyl groups excluding tert-OH is 1.